The molecule has 0 saturated heterocycles. The van der Waals surface area contributed by atoms with E-state index in [1.165, 1.54) is 0 Å². The molecule has 0 spiro atoms. The van der Waals surface area contributed by atoms with E-state index in [0.717, 1.165) is 30.8 Å². The second-order valence-electron chi connectivity index (χ2n) is 5.81. The zero-order chi connectivity index (χ0) is 18.1. The highest BCUT2D eigenvalue weighted by Crippen LogP contribution is 2.21. The Morgan fingerprint density at radius 3 is 2.24 bits per heavy atom. The van der Waals surface area contributed by atoms with Crippen LogP contribution in [0.5, 0.6) is 0 Å². The molecule has 0 radical (unpaired) electrons. The zero-order valence-corrected chi connectivity index (χ0v) is 14.5. The molecule has 2 N–H and O–H groups in total. The first kappa shape index (κ1) is 18.9. The number of hydrogen-bond donors (Lipinski definition) is 2. The molecule has 7 heteroatoms. The maximum absolute atomic E-state index is 12.2. The number of imide groups is 1. The molecule has 0 bridgehead atoms. The Balaban J connectivity index is 1.61. The van der Waals surface area contributed by atoms with Gasteiger partial charge in [0.05, 0.1) is 11.1 Å². The Labute approximate surface area is 147 Å². The third-order valence-corrected chi connectivity index (χ3v) is 3.89. The number of carbonyl (C=O) groups is 3. The highest BCUT2D eigenvalue weighted by atomic mass is 16.5. The molecular weight excluding hydrogens is 322 g/mol. The summed E-state index contributed by atoms with van der Waals surface area (Å²) in [5, 5.41) is 5.37. The molecule has 7 nitrogen and oxygen atoms in total. The maximum atomic E-state index is 12.2. The van der Waals surface area contributed by atoms with Gasteiger partial charge in [-0.1, -0.05) is 25.5 Å². The molecule has 136 valence electrons. The summed E-state index contributed by atoms with van der Waals surface area (Å²) >= 11 is 0. The van der Waals surface area contributed by atoms with Gasteiger partial charge in [-0.15, -0.1) is 0 Å². The van der Waals surface area contributed by atoms with Gasteiger partial charge in [0.1, 0.15) is 0 Å². The van der Waals surface area contributed by atoms with Crippen LogP contribution in [0.1, 0.15) is 46.9 Å². The lowest BCUT2D eigenvalue weighted by Gasteiger charge is -2.14. The third-order valence-electron chi connectivity index (χ3n) is 3.89. The Bertz CT molecular complexity index is 583. The number of nitrogens with zero attached hydrogens (tertiary/aromatic N) is 1. The number of unbranched alkanes of at least 4 members (excludes halogenated alkanes) is 1. The number of rotatable bonds is 10. The monoisotopic (exact) mass is 347 g/mol. The van der Waals surface area contributed by atoms with Gasteiger partial charge in [0.2, 0.25) is 0 Å². The number of amides is 4. The quantitative estimate of drug-likeness (QED) is 0.499. The summed E-state index contributed by atoms with van der Waals surface area (Å²) in [6, 6.07) is 6.41. The van der Waals surface area contributed by atoms with Crippen LogP contribution in [-0.4, -0.2) is 55.6 Å². The molecule has 0 atom stereocenters. The summed E-state index contributed by atoms with van der Waals surface area (Å²) in [5.41, 5.74) is 0.833. The first-order chi connectivity index (χ1) is 12.1. The van der Waals surface area contributed by atoms with Gasteiger partial charge in [0, 0.05) is 32.8 Å². The van der Waals surface area contributed by atoms with Crippen LogP contribution in [0.15, 0.2) is 24.3 Å². The summed E-state index contributed by atoms with van der Waals surface area (Å²) in [6.07, 6.45) is 2.90. The van der Waals surface area contributed by atoms with Crippen molar-refractivity contribution in [3.05, 3.63) is 35.4 Å². The number of urea groups is 1. The molecule has 1 heterocycles. The average molecular weight is 347 g/mol. The topological polar surface area (TPSA) is 87.7 Å². The van der Waals surface area contributed by atoms with Gasteiger partial charge in [0.25, 0.3) is 11.8 Å². The van der Waals surface area contributed by atoms with Crippen molar-refractivity contribution in [1.29, 1.82) is 0 Å². The molecule has 0 unspecified atom stereocenters. The van der Waals surface area contributed by atoms with Crippen LogP contribution in [0.2, 0.25) is 0 Å². The van der Waals surface area contributed by atoms with Gasteiger partial charge in [-0.25, -0.2) is 4.79 Å². The van der Waals surface area contributed by atoms with E-state index in [1.54, 1.807) is 24.3 Å². The van der Waals surface area contributed by atoms with Crippen LogP contribution in [0, 0.1) is 0 Å². The fourth-order valence-corrected chi connectivity index (χ4v) is 2.51. The van der Waals surface area contributed by atoms with Crippen molar-refractivity contribution in [2.45, 2.75) is 26.2 Å². The van der Waals surface area contributed by atoms with E-state index in [2.05, 4.69) is 17.6 Å². The van der Waals surface area contributed by atoms with E-state index in [0.29, 0.717) is 24.3 Å². The molecular formula is C18H25N3O4. The van der Waals surface area contributed by atoms with Crippen LogP contribution in [0.4, 0.5) is 4.79 Å². The van der Waals surface area contributed by atoms with E-state index in [4.69, 9.17) is 4.74 Å². The van der Waals surface area contributed by atoms with Crippen molar-refractivity contribution >= 4 is 17.8 Å². The predicted octanol–water partition coefficient (Wildman–Crippen LogP) is 1.79. The summed E-state index contributed by atoms with van der Waals surface area (Å²) < 4.78 is 5.41. The normalized spacial score (nSPS) is 13.1. The molecule has 1 aromatic rings. The lowest BCUT2D eigenvalue weighted by Crippen LogP contribution is -2.42. The molecule has 2 rings (SSSR count). The van der Waals surface area contributed by atoms with Crippen LogP contribution < -0.4 is 10.6 Å². The Kier molecular flexibility index (Phi) is 7.40. The number of ether oxygens (including phenoxy) is 1. The van der Waals surface area contributed by atoms with Gasteiger partial charge in [-0.05, 0) is 25.0 Å². The van der Waals surface area contributed by atoms with Gasteiger partial charge in [-0.3, -0.25) is 14.5 Å². The smallest absolute Gasteiger partial charge is 0.314 e. The minimum atomic E-state index is -0.315. The highest BCUT2D eigenvalue weighted by Gasteiger charge is 2.34. The second-order valence-corrected chi connectivity index (χ2v) is 5.81. The molecule has 0 aromatic heterocycles. The Hall–Kier alpha value is -2.41. The predicted molar refractivity (Wildman–Crippen MR) is 93.6 cm³/mol. The molecule has 1 aromatic carbocycles. The summed E-state index contributed by atoms with van der Waals surface area (Å²) in [6.45, 7) is 4.37. The van der Waals surface area contributed by atoms with Crippen molar-refractivity contribution in [3.63, 3.8) is 0 Å². The fraction of sp³-hybridized carbons (Fsp3) is 0.500. The molecule has 25 heavy (non-hydrogen) atoms. The summed E-state index contributed by atoms with van der Waals surface area (Å²) in [7, 11) is 0. The van der Waals surface area contributed by atoms with E-state index in [9.17, 15) is 14.4 Å². The van der Waals surface area contributed by atoms with Gasteiger partial charge in [-0.2, -0.15) is 0 Å². The number of nitrogens with one attached hydrogen (secondary N) is 2. The van der Waals surface area contributed by atoms with E-state index >= 15 is 0 Å². The highest BCUT2D eigenvalue weighted by molar-refractivity contribution is 6.21. The van der Waals surface area contributed by atoms with Crippen LogP contribution >= 0.6 is 0 Å². The van der Waals surface area contributed by atoms with Crippen molar-refractivity contribution in [3.8, 4) is 0 Å². The number of fused-ring (bicyclic) bond motifs is 1. The van der Waals surface area contributed by atoms with E-state index < -0.39 is 0 Å². The molecule has 4 amide bonds. The fourth-order valence-electron chi connectivity index (χ4n) is 2.51. The molecule has 0 aliphatic carbocycles. The SMILES string of the molecule is CCCCOCCCNC(=O)NCCN1C(=O)c2ccccc2C1=O. The molecule has 1 aliphatic rings. The third kappa shape index (κ3) is 5.29. The molecule has 1 aliphatic heterocycles. The van der Waals surface area contributed by atoms with Crippen LogP contribution in [0.25, 0.3) is 0 Å². The minimum Gasteiger partial charge on any atom is -0.381 e. The standard InChI is InChI=1S/C18H25N3O4/c1-2-3-12-25-13-6-9-19-18(24)20-10-11-21-16(22)14-7-4-5-8-15(14)17(21)23/h4-5,7-8H,2-3,6,9-13H2,1H3,(H2,19,20,24). The van der Waals surface area contributed by atoms with Crippen molar-refractivity contribution < 1.29 is 19.1 Å². The number of carbonyl (C=O) groups excluding carboxylic acids is 3. The van der Waals surface area contributed by atoms with E-state index in [1.807, 2.05) is 0 Å². The van der Waals surface area contributed by atoms with Gasteiger partial charge < -0.3 is 15.4 Å². The summed E-state index contributed by atoms with van der Waals surface area (Å²) in [5.74, 6) is -0.626. The van der Waals surface area contributed by atoms with Crippen LogP contribution in [0.3, 0.4) is 0 Å². The number of hydrogen-bond acceptors (Lipinski definition) is 4. The largest absolute Gasteiger partial charge is 0.381 e. The Morgan fingerprint density at radius 1 is 1.00 bits per heavy atom. The first-order valence-corrected chi connectivity index (χ1v) is 8.69. The molecule has 0 fully saturated rings. The lowest BCUT2D eigenvalue weighted by molar-refractivity contribution is 0.0655. The zero-order valence-electron chi connectivity index (χ0n) is 14.5. The second kappa shape index (κ2) is 9.78. The van der Waals surface area contributed by atoms with Gasteiger partial charge in [0.15, 0.2) is 0 Å². The first-order valence-electron chi connectivity index (χ1n) is 8.69. The molecule has 0 saturated carbocycles. The average Bonchev–Trinajstić information content (AvgIpc) is 2.86. The van der Waals surface area contributed by atoms with Crippen LogP contribution in [-0.2, 0) is 4.74 Å². The number of benzene rings is 1. The van der Waals surface area contributed by atoms with Crippen molar-refractivity contribution in [2.24, 2.45) is 0 Å². The summed E-state index contributed by atoms with van der Waals surface area (Å²) in [4.78, 5) is 37.2. The maximum Gasteiger partial charge on any atom is 0.314 e. The lowest BCUT2D eigenvalue weighted by atomic mass is 10.1. The Morgan fingerprint density at radius 2 is 1.60 bits per heavy atom. The van der Waals surface area contributed by atoms with E-state index in [-0.39, 0.29) is 30.9 Å². The van der Waals surface area contributed by atoms with Crippen molar-refractivity contribution in [1.82, 2.24) is 15.5 Å². The van der Waals surface area contributed by atoms with Gasteiger partial charge >= 0.3 is 6.03 Å². The van der Waals surface area contributed by atoms with Crippen molar-refractivity contribution in [2.75, 3.05) is 32.8 Å². The minimum absolute atomic E-state index is 0.153.